The molecule has 0 atom stereocenters. The van der Waals surface area contributed by atoms with Crippen molar-refractivity contribution in [3.8, 4) is 0 Å². The van der Waals surface area contributed by atoms with Gasteiger partial charge in [-0.3, -0.25) is 5.41 Å². The molecule has 1 aliphatic rings. The molecule has 1 rings (SSSR count). The molecule has 3 nitrogen and oxygen atoms in total. The van der Waals surface area contributed by atoms with E-state index in [2.05, 4.69) is 17.1 Å². The summed E-state index contributed by atoms with van der Waals surface area (Å²) in [5.41, 5.74) is 0.298. The zero-order valence-electron chi connectivity index (χ0n) is 8.28. The van der Waals surface area contributed by atoms with Crippen molar-refractivity contribution in [2.24, 2.45) is 0 Å². The normalized spacial score (nSPS) is 22.4. The summed E-state index contributed by atoms with van der Waals surface area (Å²) in [6.07, 6.45) is 2.28. The highest BCUT2D eigenvalue weighted by Gasteiger charge is 2.28. The van der Waals surface area contributed by atoms with Crippen LogP contribution in [-0.2, 0) is 0 Å². The van der Waals surface area contributed by atoms with E-state index in [-0.39, 0.29) is 0 Å². The molecule has 1 fully saturated rings. The minimum atomic E-state index is 0.298. The summed E-state index contributed by atoms with van der Waals surface area (Å²) in [6, 6.07) is 0. The fraction of sp³-hybridized carbons (Fsp3) is 0.889. The zero-order chi connectivity index (χ0) is 9.19. The Morgan fingerprint density at radius 2 is 1.92 bits per heavy atom. The largest absolute Gasteiger partial charge is 0.361 e. The Labute approximate surface area is 74.6 Å². The third-order valence-electron chi connectivity index (χ3n) is 2.94. The third-order valence-corrected chi connectivity index (χ3v) is 2.94. The number of likely N-dealkylation sites (tertiary alicyclic amines) is 1. The second-order valence-corrected chi connectivity index (χ2v) is 3.88. The van der Waals surface area contributed by atoms with Crippen LogP contribution in [0.2, 0.25) is 0 Å². The molecule has 0 radical (unpaired) electrons. The number of rotatable bonds is 1. The molecule has 12 heavy (non-hydrogen) atoms. The predicted octanol–water partition coefficient (Wildman–Crippen LogP) is 1.06. The van der Waals surface area contributed by atoms with Crippen molar-refractivity contribution in [1.82, 2.24) is 10.2 Å². The molecule has 70 valence electrons. The monoisotopic (exact) mass is 169 g/mol. The number of piperidine rings is 1. The van der Waals surface area contributed by atoms with Crippen molar-refractivity contribution in [2.75, 3.05) is 20.1 Å². The van der Waals surface area contributed by atoms with Crippen LogP contribution in [0.1, 0.15) is 26.7 Å². The van der Waals surface area contributed by atoms with E-state index in [1.165, 1.54) is 0 Å². The lowest BCUT2D eigenvalue weighted by Gasteiger charge is -2.39. The Kier molecular flexibility index (Phi) is 2.73. The lowest BCUT2D eigenvalue weighted by molar-refractivity contribution is 0.211. The van der Waals surface area contributed by atoms with Crippen molar-refractivity contribution in [3.63, 3.8) is 0 Å². The Hall–Kier alpha value is -0.570. The highest BCUT2D eigenvalue weighted by atomic mass is 15.2. The van der Waals surface area contributed by atoms with E-state index >= 15 is 0 Å². The maximum atomic E-state index is 7.48. The lowest BCUT2D eigenvalue weighted by Crippen LogP contribution is -2.50. The van der Waals surface area contributed by atoms with Gasteiger partial charge in [-0.1, -0.05) is 0 Å². The average molecular weight is 169 g/mol. The van der Waals surface area contributed by atoms with Crippen LogP contribution >= 0.6 is 0 Å². The van der Waals surface area contributed by atoms with E-state index in [1.807, 2.05) is 14.0 Å². The Bertz CT molecular complexity index is 169. The van der Waals surface area contributed by atoms with E-state index in [0.717, 1.165) is 25.9 Å². The van der Waals surface area contributed by atoms with E-state index in [0.29, 0.717) is 11.4 Å². The van der Waals surface area contributed by atoms with Gasteiger partial charge in [0, 0.05) is 18.6 Å². The first kappa shape index (κ1) is 9.52. The maximum absolute atomic E-state index is 7.48. The molecule has 0 aromatic carbocycles. The molecule has 0 amide bonds. The molecule has 0 aromatic rings. The highest BCUT2D eigenvalue weighted by molar-refractivity contribution is 5.76. The van der Waals surface area contributed by atoms with Gasteiger partial charge < -0.3 is 10.2 Å². The van der Waals surface area contributed by atoms with E-state index < -0.39 is 0 Å². The molecule has 0 bridgehead atoms. The van der Waals surface area contributed by atoms with Crippen LogP contribution in [0.25, 0.3) is 0 Å². The van der Waals surface area contributed by atoms with Crippen LogP contribution in [0.5, 0.6) is 0 Å². The second kappa shape index (κ2) is 3.44. The molecule has 1 aliphatic heterocycles. The van der Waals surface area contributed by atoms with Crippen LogP contribution < -0.4 is 5.32 Å². The number of nitrogens with one attached hydrogen (secondary N) is 2. The second-order valence-electron chi connectivity index (χ2n) is 3.88. The van der Waals surface area contributed by atoms with Crippen molar-refractivity contribution in [3.05, 3.63) is 0 Å². The van der Waals surface area contributed by atoms with Gasteiger partial charge in [-0.05, 0) is 33.7 Å². The standard InChI is InChI=1S/C9H19N3/c1-8(10)12-6-4-9(2,11-3)5-7-12/h10-11H,4-7H2,1-3H3. The van der Waals surface area contributed by atoms with Crippen molar-refractivity contribution in [1.29, 1.82) is 5.41 Å². The summed E-state index contributed by atoms with van der Waals surface area (Å²) in [4.78, 5) is 2.14. The first-order chi connectivity index (χ1) is 5.57. The SMILES string of the molecule is CNC1(C)CCN(C(C)=N)CC1. The molecular weight excluding hydrogens is 150 g/mol. The predicted molar refractivity (Wildman–Crippen MR) is 51.7 cm³/mol. The smallest absolute Gasteiger partial charge is 0.0925 e. The molecule has 3 heteroatoms. The number of amidine groups is 1. The first-order valence-corrected chi connectivity index (χ1v) is 4.56. The average Bonchev–Trinajstić information content (AvgIpc) is 2.05. The first-order valence-electron chi connectivity index (χ1n) is 4.56. The Morgan fingerprint density at radius 1 is 1.42 bits per heavy atom. The molecule has 1 heterocycles. The summed E-state index contributed by atoms with van der Waals surface area (Å²) in [5, 5.41) is 10.8. The van der Waals surface area contributed by atoms with Crippen molar-refractivity contribution < 1.29 is 0 Å². The number of hydrogen-bond acceptors (Lipinski definition) is 2. The third kappa shape index (κ3) is 1.97. The van der Waals surface area contributed by atoms with Crippen LogP contribution in [-0.4, -0.2) is 36.4 Å². The van der Waals surface area contributed by atoms with Gasteiger partial charge in [0.15, 0.2) is 0 Å². The highest BCUT2D eigenvalue weighted by Crippen LogP contribution is 2.20. The fourth-order valence-corrected chi connectivity index (χ4v) is 1.59. The Balaban J connectivity index is 2.44. The van der Waals surface area contributed by atoms with Gasteiger partial charge in [0.25, 0.3) is 0 Å². The van der Waals surface area contributed by atoms with Gasteiger partial charge in [0.2, 0.25) is 0 Å². The fourth-order valence-electron chi connectivity index (χ4n) is 1.59. The van der Waals surface area contributed by atoms with Crippen LogP contribution in [0.3, 0.4) is 0 Å². The minimum absolute atomic E-state index is 0.298. The van der Waals surface area contributed by atoms with E-state index in [1.54, 1.807) is 0 Å². The summed E-state index contributed by atoms with van der Waals surface area (Å²) in [7, 11) is 2.02. The van der Waals surface area contributed by atoms with Crippen molar-refractivity contribution >= 4 is 5.84 Å². The molecular formula is C9H19N3. The zero-order valence-corrected chi connectivity index (χ0v) is 8.28. The van der Waals surface area contributed by atoms with Gasteiger partial charge in [0.1, 0.15) is 0 Å². The Morgan fingerprint density at radius 3 is 2.25 bits per heavy atom. The van der Waals surface area contributed by atoms with E-state index in [4.69, 9.17) is 5.41 Å². The molecule has 2 N–H and O–H groups in total. The van der Waals surface area contributed by atoms with Crippen LogP contribution in [0, 0.1) is 5.41 Å². The van der Waals surface area contributed by atoms with Crippen LogP contribution in [0.4, 0.5) is 0 Å². The molecule has 0 aliphatic carbocycles. The van der Waals surface area contributed by atoms with Gasteiger partial charge >= 0.3 is 0 Å². The summed E-state index contributed by atoms with van der Waals surface area (Å²) >= 11 is 0. The lowest BCUT2D eigenvalue weighted by atomic mass is 9.90. The van der Waals surface area contributed by atoms with Gasteiger partial charge in [-0.25, -0.2) is 0 Å². The topological polar surface area (TPSA) is 39.1 Å². The number of hydrogen-bond donors (Lipinski definition) is 2. The van der Waals surface area contributed by atoms with Crippen molar-refractivity contribution in [2.45, 2.75) is 32.2 Å². The molecule has 0 unspecified atom stereocenters. The van der Waals surface area contributed by atoms with E-state index in [9.17, 15) is 0 Å². The molecule has 0 saturated carbocycles. The summed E-state index contributed by atoms with van der Waals surface area (Å²) in [5.74, 6) is 0.702. The summed E-state index contributed by atoms with van der Waals surface area (Å²) < 4.78 is 0. The molecule has 0 spiro atoms. The minimum Gasteiger partial charge on any atom is -0.361 e. The maximum Gasteiger partial charge on any atom is 0.0925 e. The molecule has 0 aromatic heterocycles. The molecule has 1 saturated heterocycles. The summed E-state index contributed by atoms with van der Waals surface area (Å²) in [6.45, 7) is 6.16. The van der Waals surface area contributed by atoms with Gasteiger partial charge in [-0.15, -0.1) is 0 Å². The van der Waals surface area contributed by atoms with Gasteiger partial charge in [0.05, 0.1) is 5.84 Å². The van der Waals surface area contributed by atoms with Gasteiger partial charge in [-0.2, -0.15) is 0 Å². The quantitative estimate of drug-likeness (QED) is 0.455. The van der Waals surface area contributed by atoms with Crippen LogP contribution in [0.15, 0.2) is 0 Å². The number of nitrogens with zero attached hydrogens (tertiary/aromatic N) is 1.